The Hall–Kier alpha value is -3.04. The van der Waals surface area contributed by atoms with Crippen LogP contribution < -0.4 is 10.1 Å². The monoisotopic (exact) mass is 379 g/mol. The molecule has 1 saturated heterocycles. The zero-order valence-electron chi connectivity index (χ0n) is 15.9. The van der Waals surface area contributed by atoms with Gasteiger partial charge in [0, 0.05) is 18.3 Å². The van der Waals surface area contributed by atoms with Gasteiger partial charge >= 0.3 is 0 Å². The van der Waals surface area contributed by atoms with Crippen molar-refractivity contribution in [3.8, 4) is 17.6 Å². The van der Waals surface area contributed by atoms with E-state index < -0.39 is 5.82 Å². The number of aromatic amines is 1. The molecule has 1 fully saturated rings. The molecule has 0 radical (unpaired) electrons. The number of likely N-dealkylation sites (tertiary alicyclic amines) is 1. The summed E-state index contributed by atoms with van der Waals surface area (Å²) in [6, 6.07) is 4.69. The third-order valence-corrected chi connectivity index (χ3v) is 5.19. The summed E-state index contributed by atoms with van der Waals surface area (Å²) in [5.74, 6) is 6.63. The van der Waals surface area contributed by atoms with Crippen molar-refractivity contribution in [2.24, 2.45) is 5.92 Å². The van der Waals surface area contributed by atoms with Crippen LogP contribution in [0, 0.1) is 23.6 Å². The van der Waals surface area contributed by atoms with Crippen molar-refractivity contribution in [2.75, 3.05) is 32.1 Å². The van der Waals surface area contributed by atoms with E-state index >= 15 is 0 Å². The molecule has 1 aromatic heterocycles. The van der Waals surface area contributed by atoms with Gasteiger partial charge in [-0.25, -0.2) is 4.39 Å². The third-order valence-electron chi connectivity index (χ3n) is 5.19. The highest BCUT2D eigenvalue weighted by Gasteiger charge is 2.29. The summed E-state index contributed by atoms with van der Waals surface area (Å²) in [5, 5.41) is 2.80. The molecule has 0 aliphatic carbocycles. The average Bonchev–Trinajstić information content (AvgIpc) is 3.37. The fraction of sp³-hybridized carbons (Fsp3) is 0.318. The number of benzene rings is 1. The number of ether oxygens (including phenoxy) is 1. The van der Waals surface area contributed by atoms with Crippen molar-refractivity contribution in [1.29, 1.82) is 0 Å². The van der Waals surface area contributed by atoms with Crippen LogP contribution in [0.15, 0.2) is 24.4 Å². The number of H-pyrrole nitrogens is 1. The zero-order chi connectivity index (χ0) is 19.7. The lowest BCUT2D eigenvalue weighted by molar-refractivity contribution is -0.110. The predicted octanol–water partition coefficient (Wildman–Crippen LogP) is 3.35. The van der Waals surface area contributed by atoms with E-state index in [0.29, 0.717) is 40.7 Å². The van der Waals surface area contributed by atoms with Crippen molar-refractivity contribution in [3.63, 3.8) is 0 Å². The molecular weight excluding hydrogens is 357 g/mol. The molecule has 144 valence electrons. The SMILES string of the molecule is COc1cc[nH]c1/C=C1\C(=O)Nc2ccc(F)c(C#CCN3CC[C@H](C)C3)c21. The standard InChI is InChI=1S/C22H22FN3O2/c1-14-8-11-26(13-14)10-3-4-15-17(23)5-6-18-21(15)16(22(27)25-18)12-19-20(28-2)7-9-24-19/h5-7,9,12,14,24H,8,10-11,13H2,1-2H3,(H,25,27)/b16-12-/t14-/m0/s1. The summed E-state index contributed by atoms with van der Waals surface area (Å²) in [6.07, 6.45) is 4.56. The molecule has 1 amide bonds. The Morgan fingerprint density at radius 2 is 2.25 bits per heavy atom. The van der Waals surface area contributed by atoms with Crippen LogP contribution in [0.1, 0.15) is 30.2 Å². The molecule has 4 rings (SSSR count). The number of carbonyl (C=O) groups excluding carboxylic acids is 1. The molecule has 2 aliphatic rings. The van der Waals surface area contributed by atoms with Crippen LogP contribution in [0.25, 0.3) is 11.6 Å². The van der Waals surface area contributed by atoms with Crippen molar-refractivity contribution >= 4 is 23.2 Å². The molecule has 1 aromatic carbocycles. The quantitative estimate of drug-likeness (QED) is 0.635. The minimum atomic E-state index is -0.429. The second kappa shape index (κ2) is 7.53. The number of nitrogens with zero attached hydrogens (tertiary/aromatic N) is 1. The van der Waals surface area contributed by atoms with Gasteiger partial charge < -0.3 is 15.0 Å². The zero-order valence-corrected chi connectivity index (χ0v) is 15.9. The van der Waals surface area contributed by atoms with Gasteiger partial charge in [-0.15, -0.1) is 0 Å². The molecule has 0 bridgehead atoms. The van der Waals surface area contributed by atoms with E-state index in [1.807, 2.05) is 0 Å². The summed E-state index contributed by atoms with van der Waals surface area (Å²) in [7, 11) is 1.56. The topological polar surface area (TPSA) is 57.4 Å². The Bertz CT molecular complexity index is 1010. The van der Waals surface area contributed by atoms with E-state index in [-0.39, 0.29) is 11.5 Å². The van der Waals surface area contributed by atoms with Crippen LogP contribution in [0.4, 0.5) is 10.1 Å². The highest BCUT2D eigenvalue weighted by Crippen LogP contribution is 2.37. The van der Waals surface area contributed by atoms with E-state index in [1.54, 1.807) is 31.5 Å². The summed E-state index contributed by atoms with van der Waals surface area (Å²) in [6.45, 7) is 4.85. The van der Waals surface area contributed by atoms with Crippen molar-refractivity contribution in [1.82, 2.24) is 9.88 Å². The third kappa shape index (κ3) is 3.41. The van der Waals surface area contributed by atoms with Crippen LogP contribution in [-0.4, -0.2) is 42.5 Å². The van der Waals surface area contributed by atoms with Gasteiger partial charge in [0.2, 0.25) is 0 Å². The molecule has 5 nitrogen and oxygen atoms in total. The number of methoxy groups -OCH3 is 1. The first-order chi connectivity index (χ1) is 13.6. The van der Waals surface area contributed by atoms with Crippen LogP contribution >= 0.6 is 0 Å². The average molecular weight is 379 g/mol. The van der Waals surface area contributed by atoms with Gasteiger partial charge in [-0.2, -0.15) is 0 Å². The second-order valence-corrected chi connectivity index (χ2v) is 7.25. The smallest absolute Gasteiger partial charge is 0.256 e. The molecule has 3 heterocycles. The Morgan fingerprint density at radius 3 is 3.00 bits per heavy atom. The van der Waals surface area contributed by atoms with E-state index in [4.69, 9.17) is 4.74 Å². The number of nitrogens with one attached hydrogen (secondary N) is 2. The Morgan fingerprint density at radius 1 is 1.39 bits per heavy atom. The number of halogens is 1. The number of anilines is 1. The maximum Gasteiger partial charge on any atom is 0.256 e. The van der Waals surface area contributed by atoms with E-state index in [2.05, 4.69) is 34.0 Å². The van der Waals surface area contributed by atoms with Crippen molar-refractivity contribution in [3.05, 3.63) is 47.0 Å². The summed E-state index contributed by atoms with van der Waals surface area (Å²) < 4.78 is 19.9. The molecule has 2 aromatic rings. The Labute approximate surface area is 163 Å². The fourth-order valence-corrected chi connectivity index (χ4v) is 3.74. The molecular formula is C22H22FN3O2. The molecule has 1 atom stereocenters. The minimum absolute atomic E-state index is 0.250. The second-order valence-electron chi connectivity index (χ2n) is 7.25. The summed E-state index contributed by atoms with van der Waals surface area (Å²) >= 11 is 0. The highest BCUT2D eigenvalue weighted by molar-refractivity contribution is 6.35. The molecule has 0 saturated carbocycles. The number of hydrogen-bond donors (Lipinski definition) is 2. The summed E-state index contributed by atoms with van der Waals surface area (Å²) in [5.41, 5.74) is 2.34. The van der Waals surface area contributed by atoms with E-state index in [1.165, 1.54) is 12.5 Å². The largest absolute Gasteiger partial charge is 0.495 e. The Kier molecular flexibility index (Phi) is 4.93. The minimum Gasteiger partial charge on any atom is -0.495 e. The number of hydrogen-bond acceptors (Lipinski definition) is 3. The molecule has 6 heteroatoms. The lowest BCUT2D eigenvalue weighted by Gasteiger charge is -2.10. The van der Waals surface area contributed by atoms with Gasteiger partial charge in [0.15, 0.2) is 0 Å². The van der Waals surface area contributed by atoms with Gasteiger partial charge in [0.05, 0.1) is 36.2 Å². The first-order valence-electron chi connectivity index (χ1n) is 9.35. The predicted molar refractivity (Wildman–Crippen MR) is 107 cm³/mol. The van der Waals surface area contributed by atoms with Crippen LogP contribution in [-0.2, 0) is 4.79 Å². The van der Waals surface area contributed by atoms with E-state index in [9.17, 15) is 9.18 Å². The van der Waals surface area contributed by atoms with Gasteiger partial charge in [-0.3, -0.25) is 9.69 Å². The number of amides is 1. The normalized spacial score (nSPS) is 20.0. The number of carbonyl (C=O) groups is 1. The van der Waals surface area contributed by atoms with Crippen molar-refractivity contribution in [2.45, 2.75) is 13.3 Å². The van der Waals surface area contributed by atoms with Gasteiger partial charge in [0.1, 0.15) is 11.6 Å². The van der Waals surface area contributed by atoms with Crippen LogP contribution in [0.2, 0.25) is 0 Å². The van der Waals surface area contributed by atoms with Gasteiger partial charge in [0.25, 0.3) is 5.91 Å². The van der Waals surface area contributed by atoms with Gasteiger partial charge in [-0.05, 0) is 43.2 Å². The van der Waals surface area contributed by atoms with Crippen molar-refractivity contribution < 1.29 is 13.9 Å². The highest BCUT2D eigenvalue weighted by atomic mass is 19.1. The Balaban J connectivity index is 1.71. The molecule has 2 N–H and O–H groups in total. The molecule has 28 heavy (non-hydrogen) atoms. The first-order valence-corrected chi connectivity index (χ1v) is 9.35. The molecule has 2 aliphatic heterocycles. The van der Waals surface area contributed by atoms with Crippen LogP contribution in [0.5, 0.6) is 5.75 Å². The molecule has 0 unspecified atom stereocenters. The van der Waals surface area contributed by atoms with Crippen LogP contribution in [0.3, 0.4) is 0 Å². The number of aromatic nitrogens is 1. The van der Waals surface area contributed by atoms with Gasteiger partial charge in [-0.1, -0.05) is 18.8 Å². The summed E-state index contributed by atoms with van der Waals surface area (Å²) in [4.78, 5) is 17.8. The lowest BCUT2D eigenvalue weighted by atomic mass is 9.99. The maximum absolute atomic E-state index is 14.6. The number of fused-ring (bicyclic) bond motifs is 1. The maximum atomic E-state index is 14.6. The number of rotatable bonds is 3. The molecule has 0 spiro atoms. The fourth-order valence-electron chi connectivity index (χ4n) is 3.74. The first kappa shape index (κ1) is 18.3. The lowest BCUT2D eigenvalue weighted by Crippen LogP contribution is -2.20. The van der Waals surface area contributed by atoms with E-state index in [0.717, 1.165) is 13.1 Å².